The van der Waals surface area contributed by atoms with Crippen molar-refractivity contribution in [2.45, 2.75) is 34.2 Å². The molecule has 0 saturated heterocycles. The molecule has 1 unspecified atom stereocenters. The summed E-state index contributed by atoms with van der Waals surface area (Å²) in [6, 6.07) is 3.74. The van der Waals surface area contributed by atoms with Crippen LogP contribution < -0.4 is 0 Å². The van der Waals surface area contributed by atoms with E-state index in [0.29, 0.717) is 5.75 Å². The van der Waals surface area contributed by atoms with Crippen molar-refractivity contribution in [1.82, 2.24) is 4.90 Å². The molecule has 1 heterocycles. The van der Waals surface area contributed by atoms with Crippen LogP contribution in [-0.2, 0) is 20.9 Å². The normalized spacial score (nSPS) is 12.7. The third-order valence-electron chi connectivity index (χ3n) is 3.06. The van der Waals surface area contributed by atoms with Gasteiger partial charge >= 0.3 is 5.97 Å². The topological polar surface area (TPSA) is 74.7 Å². The van der Waals surface area contributed by atoms with Gasteiger partial charge < -0.3 is 10.0 Å². The number of rotatable bonds is 7. The molecular formula is C16H23NO4S2. The van der Waals surface area contributed by atoms with Crippen molar-refractivity contribution in [3.63, 3.8) is 0 Å². The molecule has 0 spiro atoms. The number of thioether (sulfide) groups is 1. The minimum Gasteiger partial charge on any atom is -0.480 e. The molecule has 0 bridgehead atoms. The largest absolute Gasteiger partial charge is 0.480 e. The summed E-state index contributed by atoms with van der Waals surface area (Å²) in [6.07, 6.45) is 0. The molecule has 1 aromatic heterocycles. The molecule has 1 amide bonds. The first-order valence-electron chi connectivity index (χ1n) is 7.31. The Morgan fingerprint density at radius 2 is 2.00 bits per heavy atom. The number of hydrogen-bond donors (Lipinski definition) is 1. The summed E-state index contributed by atoms with van der Waals surface area (Å²) in [5, 5.41) is 10.9. The van der Waals surface area contributed by atoms with Crippen molar-refractivity contribution in [2.75, 3.05) is 12.3 Å². The first kappa shape index (κ1) is 19.7. The van der Waals surface area contributed by atoms with Crippen LogP contribution in [-0.4, -0.2) is 39.3 Å². The lowest BCUT2D eigenvalue weighted by Gasteiger charge is -2.24. The predicted octanol–water partition coefficient (Wildman–Crippen LogP) is 3.10. The summed E-state index contributed by atoms with van der Waals surface area (Å²) in [7, 11) is 0. The van der Waals surface area contributed by atoms with Gasteiger partial charge in [-0.25, -0.2) is 0 Å². The maximum atomic E-state index is 12.5. The smallest absolute Gasteiger partial charge is 0.323 e. The first-order valence-corrected chi connectivity index (χ1v) is 9.18. The minimum atomic E-state index is -1.04. The summed E-state index contributed by atoms with van der Waals surface area (Å²) < 4.78 is 0. The van der Waals surface area contributed by atoms with Gasteiger partial charge in [-0.1, -0.05) is 45.5 Å². The van der Waals surface area contributed by atoms with Crippen LogP contribution >= 0.6 is 23.1 Å². The Kier molecular flexibility index (Phi) is 7.28. The second-order valence-electron chi connectivity index (χ2n) is 6.42. The van der Waals surface area contributed by atoms with E-state index in [-0.39, 0.29) is 24.1 Å². The van der Waals surface area contributed by atoms with E-state index in [9.17, 15) is 14.4 Å². The van der Waals surface area contributed by atoms with Crippen molar-refractivity contribution in [3.05, 3.63) is 22.4 Å². The molecular weight excluding hydrogens is 334 g/mol. The Morgan fingerprint density at radius 1 is 1.35 bits per heavy atom. The SMILES string of the molecule is CC(CSC(=O)C(C)(C)C)C(=O)N(CC(=O)O)Cc1cccs1. The van der Waals surface area contributed by atoms with E-state index in [1.54, 1.807) is 6.92 Å². The van der Waals surface area contributed by atoms with Gasteiger partial charge in [-0.2, -0.15) is 0 Å². The van der Waals surface area contributed by atoms with Crippen molar-refractivity contribution in [1.29, 1.82) is 0 Å². The van der Waals surface area contributed by atoms with E-state index >= 15 is 0 Å². The molecule has 0 aromatic carbocycles. The zero-order chi connectivity index (χ0) is 17.6. The molecule has 0 aliphatic carbocycles. The molecule has 0 radical (unpaired) electrons. The highest BCUT2D eigenvalue weighted by atomic mass is 32.2. The van der Waals surface area contributed by atoms with Crippen LogP contribution in [0.4, 0.5) is 0 Å². The van der Waals surface area contributed by atoms with E-state index in [2.05, 4.69) is 0 Å². The van der Waals surface area contributed by atoms with E-state index in [1.165, 1.54) is 16.2 Å². The molecule has 5 nitrogen and oxygen atoms in total. The number of carbonyl (C=O) groups is 3. The fraction of sp³-hybridized carbons (Fsp3) is 0.562. The fourth-order valence-corrected chi connectivity index (χ4v) is 3.46. The second kappa shape index (κ2) is 8.49. The molecule has 0 fully saturated rings. The average Bonchev–Trinajstić information content (AvgIpc) is 2.94. The van der Waals surface area contributed by atoms with Crippen LogP contribution in [0.1, 0.15) is 32.6 Å². The van der Waals surface area contributed by atoms with Gasteiger partial charge in [0.2, 0.25) is 5.91 Å². The van der Waals surface area contributed by atoms with Gasteiger partial charge in [-0.3, -0.25) is 14.4 Å². The van der Waals surface area contributed by atoms with Crippen LogP contribution in [0, 0.1) is 11.3 Å². The van der Waals surface area contributed by atoms with Crippen LogP contribution in [0.2, 0.25) is 0 Å². The Morgan fingerprint density at radius 3 is 2.48 bits per heavy atom. The molecule has 23 heavy (non-hydrogen) atoms. The highest BCUT2D eigenvalue weighted by Crippen LogP contribution is 2.25. The molecule has 1 aromatic rings. The number of carboxylic acid groups (broad SMARTS) is 1. The summed E-state index contributed by atoms with van der Waals surface area (Å²) in [5.41, 5.74) is -0.453. The third kappa shape index (κ3) is 6.74. The van der Waals surface area contributed by atoms with Crippen LogP contribution in [0.5, 0.6) is 0 Å². The highest BCUT2D eigenvalue weighted by molar-refractivity contribution is 8.13. The van der Waals surface area contributed by atoms with E-state index in [4.69, 9.17) is 5.11 Å². The lowest BCUT2D eigenvalue weighted by Crippen LogP contribution is -2.39. The quantitative estimate of drug-likeness (QED) is 0.811. The molecule has 0 saturated carbocycles. The Bertz CT molecular complexity index is 549. The van der Waals surface area contributed by atoms with Gasteiger partial charge in [0, 0.05) is 22.0 Å². The van der Waals surface area contributed by atoms with Gasteiger partial charge in [0.1, 0.15) is 6.54 Å². The first-order chi connectivity index (χ1) is 10.6. The zero-order valence-corrected chi connectivity index (χ0v) is 15.5. The standard InChI is InChI=1S/C16H23NO4S2/c1-11(10-23-15(21)16(2,3)4)14(20)17(9-13(18)19)8-12-6-5-7-22-12/h5-7,11H,8-10H2,1-4H3,(H,18,19). The predicted molar refractivity (Wildman–Crippen MR) is 93.5 cm³/mol. The lowest BCUT2D eigenvalue weighted by molar-refractivity contribution is -0.146. The van der Waals surface area contributed by atoms with Crippen molar-refractivity contribution in [2.24, 2.45) is 11.3 Å². The number of nitrogens with zero attached hydrogens (tertiary/aromatic N) is 1. The Balaban J connectivity index is 2.67. The number of carbonyl (C=O) groups excluding carboxylic acids is 2. The van der Waals surface area contributed by atoms with Crippen LogP contribution in [0.3, 0.4) is 0 Å². The molecule has 0 aliphatic rings. The van der Waals surface area contributed by atoms with Gasteiger partial charge in [0.15, 0.2) is 5.12 Å². The highest BCUT2D eigenvalue weighted by Gasteiger charge is 2.27. The summed E-state index contributed by atoms with van der Waals surface area (Å²) in [4.78, 5) is 37.7. The summed E-state index contributed by atoms with van der Waals surface area (Å²) >= 11 is 2.62. The Hall–Kier alpha value is -1.34. The van der Waals surface area contributed by atoms with Gasteiger partial charge in [0.25, 0.3) is 0 Å². The number of hydrogen-bond acceptors (Lipinski definition) is 5. The lowest BCUT2D eigenvalue weighted by atomic mass is 10.00. The van der Waals surface area contributed by atoms with Crippen molar-refractivity contribution >= 4 is 40.1 Å². The third-order valence-corrected chi connectivity index (χ3v) is 5.47. The van der Waals surface area contributed by atoms with Crippen molar-refractivity contribution < 1.29 is 19.5 Å². The van der Waals surface area contributed by atoms with E-state index < -0.39 is 17.3 Å². The fourth-order valence-electron chi connectivity index (χ4n) is 1.77. The second-order valence-corrected chi connectivity index (χ2v) is 8.44. The number of amides is 1. The van der Waals surface area contributed by atoms with E-state index in [0.717, 1.165) is 16.6 Å². The molecule has 1 rings (SSSR count). The molecule has 128 valence electrons. The van der Waals surface area contributed by atoms with E-state index in [1.807, 2.05) is 38.3 Å². The number of carboxylic acids is 1. The van der Waals surface area contributed by atoms with Gasteiger partial charge in [-0.15, -0.1) is 11.3 Å². The maximum Gasteiger partial charge on any atom is 0.323 e. The maximum absolute atomic E-state index is 12.5. The van der Waals surface area contributed by atoms with Crippen molar-refractivity contribution in [3.8, 4) is 0 Å². The summed E-state index contributed by atoms with van der Waals surface area (Å²) in [5.74, 6) is -1.34. The van der Waals surface area contributed by atoms with Crippen LogP contribution in [0.25, 0.3) is 0 Å². The molecule has 0 aliphatic heterocycles. The van der Waals surface area contributed by atoms with Crippen LogP contribution in [0.15, 0.2) is 17.5 Å². The molecule has 1 atom stereocenters. The van der Waals surface area contributed by atoms with Gasteiger partial charge in [-0.05, 0) is 11.4 Å². The zero-order valence-electron chi connectivity index (χ0n) is 13.9. The Labute approximate surface area is 145 Å². The molecule has 7 heteroatoms. The molecule has 1 N–H and O–H groups in total. The average molecular weight is 357 g/mol. The number of aliphatic carboxylic acids is 1. The van der Waals surface area contributed by atoms with Gasteiger partial charge in [0.05, 0.1) is 6.54 Å². The monoisotopic (exact) mass is 357 g/mol. The number of thiophene rings is 1. The summed E-state index contributed by atoms with van der Waals surface area (Å²) in [6.45, 7) is 7.19. The minimum absolute atomic E-state index is 0.0280.